The minimum absolute atomic E-state index is 0.778. The highest BCUT2D eigenvalue weighted by Gasteiger charge is 1.98. The van der Waals surface area contributed by atoms with Gasteiger partial charge in [-0.3, -0.25) is 0 Å². The Hall–Kier alpha value is -1.48. The smallest absolute Gasteiger partial charge is 0.127 e. The monoisotopic (exact) mass is 207 g/mol. The zero-order valence-electron chi connectivity index (χ0n) is 7.71. The van der Waals surface area contributed by atoms with Gasteiger partial charge in [0.2, 0.25) is 0 Å². The van der Waals surface area contributed by atoms with Gasteiger partial charge in [0.05, 0.1) is 12.5 Å². The summed E-state index contributed by atoms with van der Waals surface area (Å²) in [6.45, 7) is 1.97. The molecule has 0 saturated carbocycles. The first-order chi connectivity index (χ1) is 6.75. The van der Waals surface area contributed by atoms with Crippen molar-refractivity contribution in [2.75, 3.05) is 5.32 Å². The van der Waals surface area contributed by atoms with Crippen molar-refractivity contribution in [2.45, 2.75) is 6.92 Å². The van der Waals surface area contributed by atoms with E-state index in [4.69, 9.17) is 11.6 Å². The number of benzene rings is 1. The summed E-state index contributed by atoms with van der Waals surface area (Å²) in [5.74, 6) is 0.867. The van der Waals surface area contributed by atoms with E-state index in [1.165, 1.54) is 0 Å². The summed E-state index contributed by atoms with van der Waals surface area (Å²) in [5.41, 5.74) is 2.05. The second kappa shape index (κ2) is 3.72. The molecule has 0 bridgehead atoms. The van der Waals surface area contributed by atoms with E-state index in [0.717, 1.165) is 22.1 Å². The normalized spacial score (nSPS) is 10.1. The van der Waals surface area contributed by atoms with Crippen LogP contribution in [0.3, 0.4) is 0 Å². The molecule has 0 radical (unpaired) electrons. The molecule has 2 aromatic rings. The SMILES string of the molecule is Cc1cc(Nc2cnc[nH]2)ccc1Cl. The fraction of sp³-hybridized carbons (Fsp3) is 0.100. The molecule has 2 N–H and O–H groups in total. The van der Waals surface area contributed by atoms with Crippen molar-refractivity contribution in [1.82, 2.24) is 9.97 Å². The van der Waals surface area contributed by atoms with E-state index in [9.17, 15) is 0 Å². The number of aromatic amines is 1. The molecule has 0 spiro atoms. The number of hydrogen-bond acceptors (Lipinski definition) is 2. The number of aryl methyl sites for hydroxylation is 1. The van der Waals surface area contributed by atoms with Gasteiger partial charge in [0.1, 0.15) is 5.82 Å². The zero-order chi connectivity index (χ0) is 9.97. The Bertz CT molecular complexity index is 423. The van der Waals surface area contributed by atoms with Crippen LogP contribution in [0.15, 0.2) is 30.7 Å². The minimum Gasteiger partial charge on any atom is -0.340 e. The molecular weight excluding hydrogens is 198 g/mol. The van der Waals surface area contributed by atoms with E-state index >= 15 is 0 Å². The summed E-state index contributed by atoms with van der Waals surface area (Å²) in [4.78, 5) is 6.88. The van der Waals surface area contributed by atoms with E-state index in [1.807, 2.05) is 25.1 Å². The standard InChI is InChI=1S/C10H10ClN3/c1-7-4-8(2-3-9(7)11)14-10-5-12-6-13-10/h2-6,14H,1H3,(H,12,13). The first-order valence-electron chi connectivity index (χ1n) is 4.27. The molecule has 0 aliphatic carbocycles. The molecule has 2 rings (SSSR count). The number of nitrogens with zero attached hydrogens (tertiary/aromatic N) is 1. The predicted octanol–water partition coefficient (Wildman–Crippen LogP) is 3.12. The number of anilines is 2. The highest BCUT2D eigenvalue weighted by molar-refractivity contribution is 6.31. The molecule has 14 heavy (non-hydrogen) atoms. The van der Waals surface area contributed by atoms with Crippen molar-refractivity contribution in [3.63, 3.8) is 0 Å². The van der Waals surface area contributed by atoms with Crippen molar-refractivity contribution in [3.05, 3.63) is 41.3 Å². The number of H-pyrrole nitrogens is 1. The first-order valence-corrected chi connectivity index (χ1v) is 4.65. The third-order valence-electron chi connectivity index (χ3n) is 1.94. The van der Waals surface area contributed by atoms with Crippen LogP contribution >= 0.6 is 11.6 Å². The Morgan fingerprint density at radius 2 is 2.29 bits per heavy atom. The quantitative estimate of drug-likeness (QED) is 0.795. The lowest BCUT2D eigenvalue weighted by Crippen LogP contribution is -1.90. The second-order valence-corrected chi connectivity index (χ2v) is 3.46. The van der Waals surface area contributed by atoms with Crippen LogP contribution in [0, 0.1) is 6.92 Å². The lowest BCUT2D eigenvalue weighted by atomic mass is 10.2. The lowest BCUT2D eigenvalue weighted by molar-refractivity contribution is 1.31. The fourth-order valence-corrected chi connectivity index (χ4v) is 1.32. The number of aromatic nitrogens is 2. The van der Waals surface area contributed by atoms with Gasteiger partial charge in [-0.05, 0) is 30.7 Å². The largest absolute Gasteiger partial charge is 0.340 e. The number of hydrogen-bond donors (Lipinski definition) is 2. The van der Waals surface area contributed by atoms with Crippen molar-refractivity contribution < 1.29 is 0 Å². The maximum atomic E-state index is 5.91. The van der Waals surface area contributed by atoms with E-state index in [1.54, 1.807) is 12.5 Å². The molecule has 0 atom stereocenters. The van der Waals surface area contributed by atoms with E-state index < -0.39 is 0 Å². The summed E-state index contributed by atoms with van der Waals surface area (Å²) in [6.07, 6.45) is 3.36. The molecule has 1 aromatic heterocycles. The van der Waals surface area contributed by atoms with Gasteiger partial charge >= 0.3 is 0 Å². The minimum atomic E-state index is 0.778. The van der Waals surface area contributed by atoms with Crippen LogP contribution in [-0.4, -0.2) is 9.97 Å². The highest BCUT2D eigenvalue weighted by Crippen LogP contribution is 2.21. The van der Waals surface area contributed by atoms with Crippen molar-refractivity contribution in [3.8, 4) is 0 Å². The number of nitrogens with one attached hydrogen (secondary N) is 2. The van der Waals surface area contributed by atoms with Crippen molar-refractivity contribution in [2.24, 2.45) is 0 Å². The van der Waals surface area contributed by atoms with Crippen LogP contribution < -0.4 is 5.32 Å². The number of halogens is 1. The van der Waals surface area contributed by atoms with Gasteiger partial charge in [-0.15, -0.1) is 0 Å². The van der Waals surface area contributed by atoms with E-state index in [-0.39, 0.29) is 0 Å². The van der Waals surface area contributed by atoms with Crippen LogP contribution in [0.5, 0.6) is 0 Å². The molecule has 0 unspecified atom stereocenters. The van der Waals surface area contributed by atoms with Crippen LogP contribution in [-0.2, 0) is 0 Å². The molecule has 4 heteroatoms. The third-order valence-corrected chi connectivity index (χ3v) is 2.36. The van der Waals surface area contributed by atoms with Crippen LogP contribution in [0.1, 0.15) is 5.56 Å². The zero-order valence-corrected chi connectivity index (χ0v) is 8.47. The van der Waals surface area contributed by atoms with Crippen LogP contribution in [0.25, 0.3) is 0 Å². The third kappa shape index (κ3) is 1.88. The lowest BCUT2D eigenvalue weighted by Gasteiger charge is -2.05. The Balaban J connectivity index is 2.22. The average molecular weight is 208 g/mol. The Morgan fingerprint density at radius 3 is 2.93 bits per heavy atom. The van der Waals surface area contributed by atoms with Gasteiger partial charge in [-0.25, -0.2) is 4.98 Å². The van der Waals surface area contributed by atoms with Gasteiger partial charge in [-0.2, -0.15) is 0 Å². The Kier molecular flexibility index (Phi) is 2.41. The molecule has 0 amide bonds. The average Bonchev–Trinajstić information content (AvgIpc) is 2.64. The number of imidazole rings is 1. The fourth-order valence-electron chi connectivity index (χ4n) is 1.20. The van der Waals surface area contributed by atoms with E-state index in [2.05, 4.69) is 15.3 Å². The molecule has 1 heterocycles. The summed E-state index contributed by atoms with van der Waals surface area (Å²) in [5, 5.41) is 3.95. The molecule has 0 saturated heterocycles. The van der Waals surface area contributed by atoms with Crippen LogP contribution in [0.4, 0.5) is 11.5 Å². The summed E-state index contributed by atoms with van der Waals surface area (Å²) in [6, 6.07) is 5.79. The topological polar surface area (TPSA) is 40.7 Å². The Labute approximate surface area is 87.1 Å². The van der Waals surface area contributed by atoms with Gasteiger partial charge in [0.25, 0.3) is 0 Å². The molecule has 72 valence electrons. The first kappa shape index (κ1) is 9.09. The molecule has 3 nitrogen and oxygen atoms in total. The maximum absolute atomic E-state index is 5.91. The highest BCUT2D eigenvalue weighted by atomic mass is 35.5. The van der Waals surface area contributed by atoms with E-state index in [0.29, 0.717) is 0 Å². The predicted molar refractivity (Wildman–Crippen MR) is 58.1 cm³/mol. The molecule has 0 aliphatic heterocycles. The van der Waals surface area contributed by atoms with Gasteiger partial charge in [0.15, 0.2) is 0 Å². The van der Waals surface area contributed by atoms with Gasteiger partial charge < -0.3 is 10.3 Å². The molecule has 1 aromatic carbocycles. The van der Waals surface area contributed by atoms with Crippen molar-refractivity contribution in [1.29, 1.82) is 0 Å². The van der Waals surface area contributed by atoms with Gasteiger partial charge in [0, 0.05) is 10.7 Å². The Morgan fingerprint density at radius 1 is 1.43 bits per heavy atom. The molecular formula is C10H10ClN3. The van der Waals surface area contributed by atoms with Gasteiger partial charge in [-0.1, -0.05) is 11.6 Å². The summed E-state index contributed by atoms with van der Waals surface area (Å²) < 4.78 is 0. The number of rotatable bonds is 2. The van der Waals surface area contributed by atoms with Crippen LogP contribution in [0.2, 0.25) is 5.02 Å². The summed E-state index contributed by atoms with van der Waals surface area (Å²) in [7, 11) is 0. The van der Waals surface area contributed by atoms with Crippen molar-refractivity contribution >= 4 is 23.1 Å². The molecule has 0 fully saturated rings. The summed E-state index contributed by atoms with van der Waals surface area (Å²) >= 11 is 5.91. The second-order valence-electron chi connectivity index (χ2n) is 3.05. The molecule has 0 aliphatic rings. The maximum Gasteiger partial charge on any atom is 0.127 e.